The van der Waals surface area contributed by atoms with Crippen molar-refractivity contribution < 1.29 is 18.7 Å². The maximum absolute atomic E-state index is 13.0. The second kappa shape index (κ2) is 10.4. The number of anilines is 1. The number of nitrogens with zero attached hydrogens (tertiary/aromatic N) is 1. The summed E-state index contributed by atoms with van der Waals surface area (Å²) in [5.41, 5.74) is 4.68. The standard InChI is InChI=1S/C23H19ClFN3O3/c1-15(27-28-22(29)14-31-21-5-3-2-4-20(21)24)16-8-12-19(13-9-16)26-23(30)17-6-10-18(25)11-7-17/h2-13H,14H2,1H3,(H,26,30)(H,28,29)/b27-15-. The van der Waals surface area contributed by atoms with Gasteiger partial charge in [-0.05, 0) is 61.0 Å². The molecule has 3 aromatic carbocycles. The first kappa shape index (κ1) is 22.0. The van der Waals surface area contributed by atoms with E-state index >= 15 is 0 Å². The van der Waals surface area contributed by atoms with E-state index in [0.717, 1.165) is 5.56 Å². The molecule has 6 nitrogen and oxygen atoms in total. The van der Waals surface area contributed by atoms with Crippen LogP contribution in [0.3, 0.4) is 0 Å². The Morgan fingerprint density at radius 3 is 2.29 bits per heavy atom. The summed E-state index contributed by atoms with van der Waals surface area (Å²) in [6.07, 6.45) is 0. The van der Waals surface area contributed by atoms with Gasteiger partial charge in [0.2, 0.25) is 0 Å². The van der Waals surface area contributed by atoms with Gasteiger partial charge < -0.3 is 10.1 Å². The van der Waals surface area contributed by atoms with Gasteiger partial charge in [0.25, 0.3) is 11.8 Å². The van der Waals surface area contributed by atoms with Gasteiger partial charge in [-0.1, -0.05) is 35.9 Å². The van der Waals surface area contributed by atoms with Crippen molar-refractivity contribution in [3.8, 4) is 5.75 Å². The first-order valence-electron chi connectivity index (χ1n) is 9.30. The molecule has 2 amide bonds. The van der Waals surface area contributed by atoms with Crippen LogP contribution in [0.5, 0.6) is 5.75 Å². The predicted octanol–water partition coefficient (Wildman–Crippen LogP) is 4.65. The number of ether oxygens (including phenoxy) is 1. The molecular weight excluding hydrogens is 421 g/mol. The second-order valence-corrected chi connectivity index (χ2v) is 6.90. The van der Waals surface area contributed by atoms with Crippen molar-refractivity contribution in [1.29, 1.82) is 0 Å². The molecule has 0 saturated carbocycles. The van der Waals surface area contributed by atoms with Crippen LogP contribution in [-0.2, 0) is 4.79 Å². The maximum Gasteiger partial charge on any atom is 0.277 e. The number of halogens is 2. The van der Waals surface area contributed by atoms with Crippen LogP contribution in [0.15, 0.2) is 77.9 Å². The Balaban J connectivity index is 1.53. The van der Waals surface area contributed by atoms with Gasteiger partial charge in [-0.2, -0.15) is 5.10 Å². The molecule has 8 heteroatoms. The van der Waals surface area contributed by atoms with Crippen molar-refractivity contribution >= 4 is 34.8 Å². The third kappa shape index (κ3) is 6.38. The van der Waals surface area contributed by atoms with Crippen molar-refractivity contribution in [2.45, 2.75) is 6.92 Å². The zero-order chi connectivity index (χ0) is 22.2. The lowest BCUT2D eigenvalue weighted by Gasteiger charge is -2.08. The molecule has 0 radical (unpaired) electrons. The monoisotopic (exact) mass is 439 g/mol. The topological polar surface area (TPSA) is 79.8 Å². The lowest BCUT2D eigenvalue weighted by molar-refractivity contribution is -0.123. The van der Waals surface area contributed by atoms with E-state index in [1.807, 2.05) is 0 Å². The van der Waals surface area contributed by atoms with Crippen molar-refractivity contribution in [2.75, 3.05) is 11.9 Å². The highest BCUT2D eigenvalue weighted by Gasteiger charge is 2.08. The van der Waals surface area contributed by atoms with Crippen LogP contribution in [0.2, 0.25) is 5.02 Å². The minimum atomic E-state index is -0.428. The number of hydrazone groups is 1. The molecule has 0 saturated heterocycles. The Labute approximate surface area is 183 Å². The highest BCUT2D eigenvalue weighted by Crippen LogP contribution is 2.22. The summed E-state index contributed by atoms with van der Waals surface area (Å²) in [5, 5.41) is 7.21. The molecule has 31 heavy (non-hydrogen) atoms. The summed E-state index contributed by atoms with van der Waals surface area (Å²) in [6.45, 7) is 1.51. The summed E-state index contributed by atoms with van der Waals surface area (Å²) in [4.78, 5) is 24.1. The van der Waals surface area contributed by atoms with Crippen molar-refractivity contribution in [3.05, 3.63) is 94.8 Å². The van der Waals surface area contributed by atoms with E-state index in [0.29, 0.717) is 27.7 Å². The molecule has 0 atom stereocenters. The van der Waals surface area contributed by atoms with E-state index < -0.39 is 11.7 Å². The summed E-state index contributed by atoms with van der Waals surface area (Å²) in [5.74, 6) is -0.761. The van der Waals surface area contributed by atoms with Crippen molar-refractivity contribution in [3.63, 3.8) is 0 Å². The molecule has 0 fully saturated rings. The molecule has 0 aliphatic heterocycles. The van der Waals surface area contributed by atoms with Crippen molar-refractivity contribution in [1.82, 2.24) is 5.43 Å². The maximum atomic E-state index is 13.0. The van der Waals surface area contributed by atoms with Crippen LogP contribution < -0.4 is 15.5 Å². The lowest BCUT2D eigenvalue weighted by atomic mass is 10.1. The van der Waals surface area contributed by atoms with Crippen LogP contribution in [0.4, 0.5) is 10.1 Å². The number of para-hydroxylation sites is 1. The van der Waals surface area contributed by atoms with Crippen LogP contribution in [0.1, 0.15) is 22.8 Å². The molecule has 3 aromatic rings. The molecule has 0 aromatic heterocycles. The molecule has 0 aliphatic carbocycles. The first-order chi connectivity index (χ1) is 14.9. The van der Waals surface area contributed by atoms with Gasteiger partial charge in [0, 0.05) is 11.3 Å². The summed E-state index contributed by atoms with van der Waals surface area (Å²) in [7, 11) is 0. The fourth-order valence-corrected chi connectivity index (χ4v) is 2.74. The SMILES string of the molecule is C/C(=N/NC(=O)COc1ccccc1Cl)c1ccc(NC(=O)c2ccc(F)cc2)cc1. The summed E-state index contributed by atoms with van der Waals surface area (Å²) < 4.78 is 18.3. The molecule has 0 heterocycles. The lowest BCUT2D eigenvalue weighted by Crippen LogP contribution is -2.25. The van der Waals surface area contributed by atoms with E-state index in [4.69, 9.17) is 16.3 Å². The van der Waals surface area contributed by atoms with Gasteiger partial charge in [-0.15, -0.1) is 0 Å². The molecular formula is C23H19ClFN3O3. The van der Waals surface area contributed by atoms with Gasteiger partial charge in [0.1, 0.15) is 11.6 Å². The normalized spacial score (nSPS) is 11.0. The predicted molar refractivity (Wildman–Crippen MR) is 118 cm³/mol. The minimum Gasteiger partial charge on any atom is -0.482 e. The quantitative estimate of drug-likeness (QED) is 0.415. The van der Waals surface area contributed by atoms with E-state index in [1.165, 1.54) is 24.3 Å². The van der Waals surface area contributed by atoms with Gasteiger partial charge in [0.05, 0.1) is 10.7 Å². The highest BCUT2D eigenvalue weighted by molar-refractivity contribution is 6.32. The third-order valence-electron chi connectivity index (χ3n) is 4.21. The fourth-order valence-electron chi connectivity index (χ4n) is 2.55. The number of carbonyl (C=O) groups excluding carboxylic acids is 2. The van der Waals surface area contributed by atoms with Crippen LogP contribution in [0.25, 0.3) is 0 Å². The average Bonchev–Trinajstić information content (AvgIpc) is 2.78. The Bertz CT molecular complexity index is 1100. The van der Waals surface area contributed by atoms with E-state index in [-0.39, 0.29) is 12.5 Å². The van der Waals surface area contributed by atoms with Crippen LogP contribution >= 0.6 is 11.6 Å². The minimum absolute atomic E-state index is 0.227. The zero-order valence-corrected chi connectivity index (χ0v) is 17.3. The largest absolute Gasteiger partial charge is 0.482 e. The number of hydrogen-bond acceptors (Lipinski definition) is 4. The number of carbonyl (C=O) groups is 2. The third-order valence-corrected chi connectivity index (χ3v) is 4.52. The highest BCUT2D eigenvalue weighted by atomic mass is 35.5. The van der Waals surface area contributed by atoms with Gasteiger partial charge in [-0.25, -0.2) is 9.82 Å². The van der Waals surface area contributed by atoms with Gasteiger partial charge in [-0.3, -0.25) is 9.59 Å². The van der Waals surface area contributed by atoms with Crippen molar-refractivity contribution in [2.24, 2.45) is 5.10 Å². The molecule has 3 rings (SSSR count). The van der Waals surface area contributed by atoms with E-state index in [2.05, 4.69) is 15.8 Å². The smallest absolute Gasteiger partial charge is 0.277 e. The van der Waals surface area contributed by atoms with E-state index in [9.17, 15) is 14.0 Å². The molecule has 0 bridgehead atoms. The Morgan fingerprint density at radius 2 is 1.61 bits per heavy atom. The Kier molecular flexibility index (Phi) is 7.35. The van der Waals surface area contributed by atoms with Gasteiger partial charge >= 0.3 is 0 Å². The van der Waals surface area contributed by atoms with Crippen LogP contribution in [0, 0.1) is 5.82 Å². The molecule has 0 spiro atoms. The van der Waals surface area contributed by atoms with Crippen LogP contribution in [-0.4, -0.2) is 24.1 Å². The Morgan fingerprint density at radius 1 is 0.968 bits per heavy atom. The summed E-state index contributed by atoms with van der Waals surface area (Å²) in [6, 6.07) is 19.1. The summed E-state index contributed by atoms with van der Waals surface area (Å²) >= 11 is 5.98. The number of nitrogens with one attached hydrogen (secondary N) is 2. The first-order valence-corrected chi connectivity index (χ1v) is 9.68. The van der Waals surface area contributed by atoms with Gasteiger partial charge in [0.15, 0.2) is 6.61 Å². The fraction of sp³-hybridized carbons (Fsp3) is 0.0870. The number of amides is 2. The average molecular weight is 440 g/mol. The van der Waals surface area contributed by atoms with E-state index in [1.54, 1.807) is 55.5 Å². The molecule has 0 unspecified atom stereocenters. The zero-order valence-electron chi connectivity index (χ0n) is 16.6. The molecule has 158 valence electrons. The second-order valence-electron chi connectivity index (χ2n) is 6.49. The number of hydrogen-bond donors (Lipinski definition) is 2. The number of rotatable bonds is 7. The molecule has 0 aliphatic rings. The number of benzene rings is 3. The Hall–Kier alpha value is -3.71. The molecule has 2 N–H and O–H groups in total.